The van der Waals surface area contributed by atoms with E-state index >= 15 is 0 Å². The van der Waals surface area contributed by atoms with Crippen molar-refractivity contribution in [3.05, 3.63) is 18.2 Å². The molecule has 2 atom stereocenters. The molecule has 2 unspecified atom stereocenters. The van der Waals surface area contributed by atoms with Crippen molar-refractivity contribution >= 4 is 21.4 Å². The summed E-state index contributed by atoms with van der Waals surface area (Å²) in [6.45, 7) is 0.970. The number of nitrogen functional groups attached to an aromatic ring is 1. The highest BCUT2D eigenvalue weighted by Gasteiger charge is 2.26. The van der Waals surface area contributed by atoms with Crippen molar-refractivity contribution in [1.82, 2.24) is 0 Å². The van der Waals surface area contributed by atoms with Crippen LogP contribution in [0.1, 0.15) is 19.3 Å². The van der Waals surface area contributed by atoms with Gasteiger partial charge >= 0.3 is 0 Å². The number of aliphatic hydroxyl groups excluding tert-OH is 1. The van der Waals surface area contributed by atoms with Gasteiger partial charge in [-0.25, -0.2) is 13.6 Å². The average molecular weight is 299 g/mol. The second-order valence-electron chi connectivity index (χ2n) is 5.31. The predicted molar refractivity (Wildman–Crippen MR) is 78.6 cm³/mol. The molecule has 0 saturated heterocycles. The molecule has 6 N–H and O–H groups in total. The Hall–Kier alpha value is -1.31. The number of nitrogens with two attached hydrogens (primary N) is 2. The van der Waals surface area contributed by atoms with Gasteiger partial charge < -0.3 is 16.2 Å². The maximum absolute atomic E-state index is 11.3. The van der Waals surface area contributed by atoms with Gasteiger partial charge in [-0.1, -0.05) is 6.42 Å². The Kier molecular flexibility index (Phi) is 4.52. The molecule has 1 aliphatic carbocycles. The summed E-state index contributed by atoms with van der Waals surface area (Å²) in [5.74, 6) is 0.794. The van der Waals surface area contributed by atoms with Crippen molar-refractivity contribution in [1.29, 1.82) is 0 Å². The van der Waals surface area contributed by atoms with Crippen molar-refractivity contribution < 1.29 is 13.5 Å². The number of hydrogen-bond acceptors (Lipinski definition) is 5. The van der Waals surface area contributed by atoms with Crippen molar-refractivity contribution in [3.63, 3.8) is 0 Å². The lowest BCUT2D eigenvalue weighted by Gasteiger charge is -2.19. The fraction of sp³-hybridized carbons (Fsp3) is 0.538. The molecule has 2 rings (SSSR count). The average Bonchev–Trinajstić information content (AvgIpc) is 2.82. The molecular formula is C13H21N3O3S. The number of anilines is 2. The van der Waals surface area contributed by atoms with Crippen LogP contribution in [-0.2, 0) is 10.0 Å². The molecule has 0 spiro atoms. The third-order valence-corrected chi connectivity index (χ3v) is 4.92. The molecule has 1 aliphatic rings. The molecule has 1 aromatic rings. The van der Waals surface area contributed by atoms with Gasteiger partial charge in [0.1, 0.15) is 4.90 Å². The molecule has 0 bridgehead atoms. The van der Waals surface area contributed by atoms with Crippen LogP contribution in [0, 0.1) is 11.8 Å². The maximum Gasteiger partial charge on any atom is 0.240 e. The molecule has 6 nitrogen and oxygen atoms in total. The van der Waals surface area contributed by atoms with E-state index in [1.54, 1.807) is 12.1 Å². The van der Waals surface area contributed by atoms with Crippen LogP contribution >= 0.6 is 0 Å². The molecule has 7 heteroatoms. The molecule has 0 amide bonds. The molecule has 112 valence electrons. The highest BCUT2D eigenvalue weighted by molar-refractivity contribution is 7.89. The lowest BCUT2D eigenvalue weighted by Crippen LogP contribution is -2.21. The van der Waals surface area contributed by atoms with Crippen LogP contribution in [0.5, 0.6) is 0 Å². The first-order valence-corrected chi connectivity index (χ1v) is 8.23. The van der Waals surface area contributed by atoms with E-state index in [-0.39, 0.29) is 17.2 Å². The summed E-state index contributed by atoms with van der Waals surface area (Å²) < 4.78 is 22.5. The van der Waals surface area contributed by atoms with Gasteiger partial charge in [-0.15, -0.1) is 0 Å². The first-order chi connectivity index (χ1) is 9.41. The monoisotopic (exact) mass is 299 g/mol. The Morgan fingerprint density at radius 2 is 2.00 bits per heavy atom. The van der Waals surface area contributed by atoms with Gasteiger partial charge in [0.05, 0.1) is 5.69 Å². The van der Waals surface area contributed by atoms with E-state index < -0.39 is 10.0 Å². The first kappa shape index (κ1) is 15.1. The van der Waals surface area contributed by atoms with Gasteiger partial charge in [-0.05, 0) is 42.9 Å². The van der Waals surface area contributed by atoms with Crippen LogP contribution in [0.25, 0.3) is 0 Å². The van der Waals surface area contributed by atoms with Gasteiger partial charge in [-0.2, -0.15) is 0 Å². The van der Waals surface area contributed by atoms with Crippen molar-refractivity contribution in [2.75, 3.05) is 24.2 Å². The number of hydrogen-bond donors (Lipinski definition) is 4. The summed E-state index contributed by atoms with van der Waals surface area (Å²) in [7, 11) is -3.78. The molecule has 0 aliphatic heterocycles. The quantitative estimate of drug-likeness (QED) is 0.598. The third-order valence-electron chi connectivity index (χ3n) is 3.94. The number of benzene rings is 1. The minimum absolute atomic E-state index is 0.0582. The second kappa shape index (κ2) is 5.99. The van der Waals surface area contributed by atoms with E-state index in [9.17, 15) is 13.5 Å². The van der Waals surface area contributed by atoms with Gasteiger partial charge in [0, 0.05) is 18.8 Å². The molecule has 0 heterocycles. The van der Waals surface area contributed by atoms with Gasteiger partial charge in [0.25, 0.3) is 0 Å². The van der Waals surface area contributed by atoms with E-state index in [1.807, 2.05) is 0 Å². The summed E-state index contributed by atoms with van der Waals surface area (Å²) in [6.07, 6.45) is 3.31. The Morgan fingerprint density at radius 1 is 1.30 bits per heavy atom. The third kappa shape index (κ3) is 3.41. The Morgan fingerprint density at radius 3 is 2.60 bits per heavy atom. The Balaban J connectivity index is 2.02. The van der Waals surface area contributed by atoms with Gasteiger partial charge in [0.15, 0.2) is 0 Å². The fourth-order valence-electron chi connectivity index (χ4n) is 2.79. The van der Waals surface area contributed by atoms with Gasteiger partial charge in [0.2, 0.25) is 10.0 Å². The number of nitrogens with one attached hydrogen (secondary N) is 1. The highest BCUT2D eigenvalue weighted by Crippen LogP contribution is 2.31. The highest BCUT2D eigenvalue weighted by atomic mass is 32.2. The largest absolute Gasteiger partial charge is 0.398 e. The van der Waals surface area contributed by atoms with Crippen LogP contribution < -0.4 is 16.2 Å². The van der Waals surface area contributed by atoms with E-state index in [0.29, 0.717) is 11.8 Å². The molecule has 1 fully saturated rings. The van der Waals surface area contributed by atoms with Gasteiger partial charge in [-0.3, -0.25) is 0 Å². The lowest BCUT2D eigenvalue weighted by atomic mass is 9.97. The van der Waals surface area contributed by atoms with Crippen LogP contribution in [0.4, 0.5) is 11.4 Å². The smallest absolute Gasteiger partial charge is 0.240 e. The topological polar surface area (TPSA) is 118 Å². The first-order valence-electron chi connectivity index (χ1n) is 6.69. The zero-order chi connectivity index (χ0) is 14.8. The van der Waals surface area contributed by atoms with Crippen molar-refractivity contribution in [2.24, 2.45) is 17.0 Å². The van der Waals surface area contributed by atoms with Crippen molar-refractivity contribution in [2.45, 2.75) is 24.2 Å². The molecular weight excluding hydrogens is 278 g/mol. The number of primary sulfonamides is 1. The van der Waals surface area contributed by atoms with Crippen molar-refractivity contribution in [3.8, 4) is 0 Å². The van der Waals surface area contributed by atoms with E-state index in [2.05, 4.69) is 5.32 Å². The summed E-state index contributed by atoms with van der Waals surface area (Å²) in [5.41, 5.74) is 6.61. The van der Waals surface area contributed by atoms with E-state index in [1.165, 1.54) is 6.07 Å². The Bertz CT molecular complexity index is 574. The minimum Gasteiger partial charge on any atom is -0.398 e. The van der Waals surface area contributed by atoms with Crippen LogP contribution in [0.3, 0.4) is 0 Å². The standard InChI is InChI=1S/C13H21N3O3S/c14-12-6-11(4-5-13(12)20(15,18)19)16-7-9-2-1-3-10(9)8-17/h4-6,9-10,16-17H,1-3,7-8,14H2,(H2,15,18,19). The summed E-state index contributed by atoms with van der Waals surface area (Å²) in [4.78, 5) is -0.0582. The normalized spacial score (nSPS) is 22.9. The summed E-state index contributed by atoms with van der Waals surface area (Å²) in [6, 6.07) is 4.63. The summed E-state index contributed by atoms with van der Waals surface area (Å²) >= 11 is 0. The van der Waals surface area contributed by atoms with Crippen LogP contribution in [-0.4, -0.2) is 26.7 Å². The summed E-state index contributed by atoms with van der Waals surface area (Å²) in [5, 5.41) is 17.6. The SMILES string of the molecule is Nc1cc(NCC2CCCC2CO)ccc1S(N)(=O)=O. The maximum atomic E-state index is 11.3. The molecule has 0 radical (unpaired) electrons. The molecule has 20 heavy (non-hydrogen) atoms. The Labute approximate surface area is 119 Å². The fourth-order valence-corrected chi connectivity index (χ4v) is 3.43. The molecule has 0 aromatic heterocycles. The number of rotatable bonds is 5. The second-order valence-corrected chi connectivity index (χ2v) is 6.84. The number of aliphatic hydroxyl groups is 1. The van der Waals surface area contributed by atoms with E-state index in [4.69, 9.17) is 10.9 Å². The van der Waals surface area contributed by atoms with E-state index in [0.717, 1.165) is 31.5 Å². The van der Waals surface area contributed by atoms with Crippen LogP contribution in [0.15, 0.2) is 23.1 Å². The zero-order valence-corrected chi connectivity index (χ0v) is 12.1. The predicted octanol–water partition coefficient (Wildman–Crippen LogP) is 0.737. The zero-order valence-electron chi connectivity index (χ0n) is 11.2. The molecule has 1 saturated carbocycles. The lowest BCUT2D eigenvalue weighted by molar-refractivity contribution is 0.199. The molecule has 1 aromatic carbocycles. The number of sulfonamides is 1. The minimum atomic E-state index is -3.78. The van der Waals surface area contributed by atoms with Crippen LogP contribution in [0.2, 0.25) is 0 Å².